The van der Waals surface area contributed by atoms with Crippen molar-refractivity contribution >= 4 is 5.91 Å². The van der Waals surface area contributed by atoms with Crippen molar-refractivity contribution in [1.29, 1.82) is 5.26 Å². The maximum Gasteiger partial charge on any atom is 0.416 e. The first-order valence-electron chi connectivity index (χ1n) is 5.38. The SMILES string of the molecule is N#CCCCNC(=O)c1cc(C(F)(F)F)ccc1F. The highest BCUT2D eigenvalue weighted by Gasteiger charge is 2.31. The van der Waals surface area contributed by atoms with Crippen molar-refractivity contribution in [3.05, 3.63) is 35.1 Å². The third-order valence-electron chi connectivity index (χ3n) is 2.29. The standard InChI is InChI=1S/C12H10F4N2O/c13-10-4-3-8(12(14,15)16)7-9(10)11(19)18-6-2-1-5-17/h3-4,7H,1-2,6H2,(H,18,19). The molecule has 0 bridgehead atoms. The Labute approximate surface area is 106 Å². The van der Waals surface area contributed by atoms with Gasteiger partial charge in [0.1, 0.15) is 5.82 Å². The smallest absolute Gasteiger partial charge is 0.352 e. The molecule has 102 valence electrons. The van der Waals surface area contributed by atoms with Crippen molar-refractivity contribution in [3.8, 4) is 6.07 Å². The molecule has 0 saturated carbocycles. The molecule has 0 spiro atoms. The molecule has 0 aliphatic carbocycles. The third kappa shape index (κ3) is 4.25. The number of nitriles is 1. The van der Waals surface area contributed by atoms with Gasteiger partial charge in [0.2, 0.25) is 0 Å². The maximum absolute atomic E-state index is 13.3. The van der Waals surface area contributed by atoms with E-state index in [0.717, 1.165) is 0 Å². The molecule has 0 aliphatic heterocycles. The number of hydrogen-bond acceptors (Lipinski definition) is 2. The van der Waals surface area contributed by atoms with Gasteiger partial charge in [0, 0.05) is 13.0 Å². The molecule has 1 aromatic carbocycles. The molecule has 1 amide bonds. The summed E-state index contributed by atoms with van der Waals surface area (Å²) in [5.41, 5.74) is -1.75. The van der Waals surface area contributed by atoms with Gasteiger partial charge in [-0.1, -0.05) is 0 Å². The van der Waals surface area contributed by atoms with Crippen LogP contribution in [0.5, 0.6) is 0 Å². The molecule has 7 heteroatoms. The van der Waals surface area contributed by atoms with Crippen molar-refractivity contribution in [2.75, 3.05) is 6.54 Å². The first-order chi connectivity index (χ1) is 8.86. The maximum atomic E-state index is 13.3. The van der Waals surface area contributed by atoms with Crippen molar-refractivity contribution in [1.82, 2.24) is 5.32 Å². The van der Waals surface area contributed by atoms with E-state index >= 15 is 0 Å². The summed E-state index contributed by atoms with van der Waals surface area (Å²) < 4.78 is 50.6. The molecule has 0 aromatic heterocycles. The average Bonchev–Trinajstić information content (AvgIpc) is 2.33. The number of amides is 1. The molecule has 0 atom stereocenters. The van der Waals surface area contributed by atoms with E-state index < -0.39 is 29.0 Å². The highest BCUT2D eigenvalue weighted by molar-refractivity contribution is 5.94. The molecule has 0 unspecified atom stereocenters. The number of unbranched alkanes of at least 4 members (excludes halogenated alkanes) is 1. The zero-order valence-electron chi connectivity index (χ0n) is 9.72. The van der Waals surface area contributed by atoms with E-state index in [9.17, 15) is 22.4 Å². The molecule has 0 radical (unpaired) electrons. The Balaban J connectivity index is 2.82. The van der Waals surface area contributed by atoms with Crippen molar-refractivity contribution in [2.45, 2.75) is 19.0 Å². The molecule has 3 nitrogen and oxygen atoms in total. The lowest BCUT2D eigenvalue weighted by molar-refractivity contribution is -0.137. The minimum Gasteiger partial charge on any atom is -0.352 e. The fourth-order valence-corrected chi connectivity index (χ4v) is 1.34. The van der Waals surface area contributed by atoms with Gasteiger partial charge in [-0.3, -0.25) is 4.79 Å². The van der Waals surface area contributed by atoms with Crippen LogP contribution in [0.3, 0.4) is 0 Å². The molecule has 0 aliphatic rings. The summed E-state index contributed by atoms with van der Waals surface area (Å²) in [7, 11) is 0. The molecule has 19 heavy (non-hydrogen) atoms. The molecule has 0 heterocycles. The van der Waals surface area contributed by atoms with Crippen LogP contribution in [-0.4, -0.2) is 12.5 Å². The highest BCUT2D eigenvalue weighted by atomic mass is 19.4. The lowest BCUT2D eigenvalue weighted by Gasteiger charge is -2.10. The van der Waals surface area contributed by atoms with E-state index in [1.807, 2.05) is 6.07 Å². The average molecular weight is 274 g/mol. The number of hydrogen-bond donors (Lipinski definition) is 1. The second-order valence-corrected chi connectivity index (χ2v) is 3.71. The number of rotatable bonds is 4. The van der Waals surface area contributed by atoms with Gasteiger partial charge < -0.3 is 5.32 Å². The van der Waals surface area contributed by atoms with Crippen LogP contribution in [0.1, 0.15) is 28.8 Å². The summed E-state index contributed by atoms with van der Waals surface area (Å²) in [6.07, 6.45) is -4.09. The lowest BCUT2D eigenvalue weighted by atomic mass is 10.1. The second-order valence-electron chi connectivity index (χ2n) is 3.71. The monoisotopic (exact) mass is 274 g/mol. The largest absolute Gasteiger partial charge is 0.416 e. The number of alkyl halides is 3. The fraction of sp³-hybridized carbons (Fsp3) is 0.333. The van der Waals surface area contributed by atoms with Gasteiger partial charge >= 0.3 is 6.18 Å². The summed E-state index contributed by atoms with van der Waals surface area (Å²) in [6, 6.07) is 3.49. The summed E-state index contributed by atoms with van der Waals surface area (Å²) in [4.78, 5) is 11.5. The number of nitrogens with zero attached hydrogens (tertiary/aromatic N) is 1. The lowest BCUT2D eigenvalue weighted by Crippen LogP contribution is -2.25. The molecule has 0 saturated heterocycles. The quantitative estimate of drug-likeness (QED) is 0.678. The van der Waals surface area contributed by atoms with Crippen LogP contribution in [0.15, 0.2) is 18.2 Å². The van der Waals surface area contributed by atoms with Crippen LogP contribution < -0.4 is 5.32 Å². The Kier molecular flexibility index (Phi) is 4.87. The van der Waals surface area contributed by atoms with Gasteiger partial charge in [-0.25, -0.2) is 4.39 Å². The Bertz CT molecular complexity index is 505. The first-order valence-corrected chi connectivity index (χ1v) is 5.38. The summed E-state index contributed by atoms with van der Waals surface area (Å²) >= 11 is 0. The van der Waals surface area contributed by atoms with E-state index in [4.69, 9.17) is 5.26 Å². The van der Waals surface area contributed by atoms with Gasteiger partial charge in [-0.15, -0.1) is 0 Å². The number of halogens is 4. The minimum absolute atomic E-state index is 0.0993. The molecule has 0 fully saturated rings. The van der Waals surface area contributed by atoms with Gasteiger partial charge in [0.15, 0.2) is 0 Å². The fourth-order valence-electron chi connectivity index (χ4n) is 1.34. The first kappa shape index (κ1) is 15.0. The minimum atomic E-state index is -4.64. The summed E-state index contributed by atoms with van der Waals surface area (Å²) in [5, 5.41) is 10.5. The number of benzene rings is 1. The normalized spacial score (nSPS) is 10.9. The number of nitrogens with one attached hydrogen (secondary N) is 1. The van der Waals surface area contributed by atoms with E-state index in [2.05, 4.69) is 5.32 Å². The zero-order chi connectivity index (χ0) is 14.5. The van der Waals surface area contributed by atoms with Gasteiger partial charge in [-0.05, 0) is 24.6 Å². The van der Waals surface area contributed by atoms with Gasteiger partial charge in [0.05, 0.1) is 17.2 Å². The number of carbonyl (C=O) groups is 1. The van der Waals surface area contributed by atoms with Crippen LogP contribution >= 0.6 is 0 Å². The second kappa shape index (κ2) is 6.18. The van der Waals surface area contributed by atoms with E-state index in [1.165, 1.54) is 0 Å². The van der Waals surface area contributed by atoms with Crippen molar-refractivity contribution in [2.24, 2.45) is 0 Å². The van der Waals surface area contributed by atoms with Gasteiger partial charge in [-0.2, -0.15) is 18.4 Å². The van der Waals surface area contributed by atoms with Crippen LogP contribution in [-0.2, 0) is 6.18 Å². The van der Waals surface area contributed by atoms with E-state index in [0.29, 0.717) is 24.6 Å². The predicted molar refractivity (Wildman–Crippen MR) is 58.6 cm³/mol. The van der Waals surface area contributed by atoms with Crippen LogP contribution in [0, 0.1) is 17.1 Å². The molecular weight excluding hydrogens is 264 g/mol. The Morgan fingerprint density at radius 1 is 1.37 bits per heavy atom. The van der Waals surface area contributed by atoms with E-state index in [1.54, 1.807) is 0 Å². The summed E-state index contributed by atoms with van der Waals surface area (Å²) in [6.45, 7) is 0.0993. The van der Waals surface area contributed by atoms with Crippen LogP contribution in [0.4, 0.5) is 17.6 Å². The van der Waals surface area contributed by atoms with Crippen LogP contribution in [0.25, 0.3) is 0 Å². The van der Waals surface area contributed by atoms with Crippen LogP contribution in [0.2, 0.25) is 0 Å². The molecular formula is C12H10F4N2O. The molecule has 1 aromatic rings. The topological polar surface area (TPSA) is 52.9 Å². The Hall–Kier alpha value is -2.10. The number of carbonyl (C=O) groups excluding carboxylic acids is 1. The summed E-state index contributed by atoms with van der Waals surface area (Å²) in [5.74, 6) is -1.95. The Morgan fingerprint density at radius 2 is 2.05 bits per heavy atom. The highest BCUT2D eigenvalue weighted by Crippen LogP contribution is 2.30. The van der Waals surface area contributed by atoms with Crippen molar-refractivity contribution < 1.29 is 22.4 Å². The predicted octanol–water partition coefficient (Wildman–Crippen LogP) is 2.88. The third-order valence-corrected chi connectivity index (χ3v) is 2.29. The zero-order valence-corrected chi connectivity index (χ0v) is 9.72. The Morgan fingerprint density at radius 3 is 2.63 bits per heavy atom. The molecule has 1 N–H and O–H groups in total. The van der Waals surface area contributed by atoms with Gasteiger partial charge in [0.25, 0.3) is 5.91 Å². The van der Waals surface area contributed by atoms with Crippen molar-refractivity contribution in [3.63, 3.8) is 0 Å². The molecule has 1 rings (SSSR count). The van der Waals surface area contributed by atoms with E-state index in [-0.39, 0.29) is 13.0 Å².